The molecule has 2 atom stereocenters. The zero-order chi connectivity index (χ0) is 17.8. The van der Waals surface area contributed by atoms with Crippen LogP contribution in [0.1, 0.15) is 29.9 Å². The molecule has 0 spiro atoms. The number of likely N-dealkylation sites (tertiary alicyclic amines) is 1. The van der Waals surface area contributed by atoms with Gasteiger partial charge in [-0.25, -0.2) is 0 Å². The van der Waals surface area contributed by atoms with E-state index >= 15 is 0 Å². The number of hydrogen-bond acceptors (Lipinski definition) is 5. The summed E-state index contributed by atoms with van der Waals surface area (Å²) in [5.41, 5.74) is 0. The van der Waals surface area contributed by atoms with Crippen molar-refractivity contribution >= 4 is 35.6 Å². The van der Waals surface area contributed by atoms with Crippen molar-refractivity contribution in [3.63, 3.8) is 0 Å². The molecule has 6 nitrogen and oxygen atoms in total. The van der Waals surface area contributed by atoms with Crippen LogP contribution in [0.2, 0.25) is 0 Å². The van der Waals surface area contributed by atoms with Gasteiger partial charge in [-0.1, -0.05) is 19.9 Å². The summed E-state index contributed by atoms with van der Waals surface area (Å²) in [5.74, 6) is -0.0351. The van der Waals surface area contributed by atoms with Gasteiger partial charge in [0.05, 0.1) is 4.88 Å². The number of rotatable bonds is 5. The lowest BCUT2D eigenvalue weighted by Gasteiger charge is -2.33. The van der Waals surface area contributed by atoms with Gasteiger partial charge in [0.15, 0.2) is 0 Å². The largest absolute Gasteiger partial charge is 0.339 e. The molecule has 0 radical (unpaired) electrons. The molecule has 2 unspecified atom stereocenters. The Kier molecular flexibility index (Phi) is 7.88. The Morgan fingerprint density at radius 2 is 2.00 bits per heavy atom. The maximum absolute atomic E-state index is 13.0. The van der Waals surface area contributed by atoms with E-state index in [0.29, 0.717) is 10.9 Å². The van der Waals surface area contributed by atoms with Gasteiger partial charge in [-0.15, -0.1) is 23.7 Å². The van der Waals surface area contributed by atoms with Gasteiger partial charge in [-0.2, -0.15) is 0 Å². The van der Waals surface area contributed by atoms with E-state index in [2.05, 4.69) is 15.5 Å². The lowest BCUT2D eigenvalue weighted by Crippen LogP contribution is -2.52. The van der Waals surface area contributed by atoms with Crippen LogP contribution in [-0.2, 0) is 4.79 Å². The summed E-state index contributed by atoms with van der Waals surface area (Å²) in [4.78, 5) is 30.4. The van der Waals surface area contributed by atoms with Gasteiger partial charge in [-0.05, 0) is 23.8 Å². The number of nitrogens with one attached hydrogen (secondary N) is 2. The second-order valence-corrected chi connectivity index (χ2v) is 8.13. The third-order valence-corrected chi connectivity index (χ3v) is 5.98. The molecule has 3 heterocycles. The molecule has 8 heteroatoms. The van der Waals surface area contributed by atoms with E-state index < -0.39 is 6.04 Å². The van der Waals surface area contributed by atoms with Crippen LogP contribution < -0.4 is 10.6 Å². The SMILES string of the molecule is CC(C)C(NC(=O)c1cccs1)C(=O)N1CCC(N2CCNCC2)C1.Cl. The average molecular weight is 401 g/mol. The fourth-order valence-electron chi connectivity index (χ4n) is 3.62. The van der Waals surface area contributed by atoms with E-state index in [1.807, 2.05) is 30.2 Å². The van der Waals surface area contributed by atoms with E-state index in [9.17, 15) is 9.59 Å². The Bertz CT molecular complexity index is 590. The van der Waals surface area contributed by atoms with Crippen LogP contribution in [-0.4, -0.2) is 73.0 Å². The Balaban J connectivity index is 0.00000243. The number of amides is 2. The number of piperazine rings is 1. The first kappa shape index (κ1) is 21.2. The third-order valence-electron chi connectivity index (χ3n) is 5.11. The van der Waals surface area contributed by atoms with Gasteiger partial charge in [0.2, 0.25) is 5.91 Å². The number of carbonyl (C=O) groups is 2. The van der Waals surface area contributed by atoms with E-state index in [1.165, 1.54) is 11.3 Å². The highest BCUT2D eigenvalue weighted by Crippen LogP contribution is 2.19. The minimum atomic E-state index is -0.462. The molecule has 0 saturated carbocycles. The molecule has 2 saturated heterocycles. The monoisotopic (exact) mass is 400 g/mol. The van der Waals surface area contributed by atoms with Crippen molar-refractivity contribution in [1.82, 2.24) is 20.4 Å². The molecule has 1 aromatic rings. The van der Waals surface area contributed by atoms with E-state index in [1.54, 1.807) is 6.07 Å². The Hall–Kier alpha value is -1.15. The topological polar surface area (TPSA) is 64.7 Å². The standard InChI is InChI=1S/C18H28N4O2S.ClH/c1-13(2)16(20-17(23)15-4-3-11-25-15)18(24)22-8-5-14(12-22)21-9-6-19-7-10-21;/h3-4,11,13-14,16,19H,5-10,12H2,1-2H3,(H,20,23);1H. The smallest absolute Gasteiger partial charge is 0.262 e. The number of halogens is 1. The molecule has 1 aromatic heterocycles. The van der Waals surface area contributed by atoms with Crippen LogP contribution in [0.4, 0.5) is 0 Å². The highest BCUT2D eigenvalue weighted by Gasteiger charge is 2.35. The zero-order valence-corrected chi connectivity index (χ0v) is 17.1. The van der Waals surface area contributed by atoms with Crippen LogP contribution >= 0.6 is 23.7 Å². The maximum Gasteiger partial charge on any atom is 0.262 e. The molecule has 0 bridgehead atoms. The molecule has 2 fully saturated rings. The number of hydrogen-bond donors (Lipinski definition) is 2. The van der Waals surface area contributed by atoms with Crippen molar-refractivity contribution in [2.45, 2.75) is 32.4 Å². The van der Waals surface area contributed by atoms with Crippen LogP contribution in [0.3, 0.4) is 0 Å². The fraction of sp³-hybridized carbons (Fsp3) is 0.667. The molecule has 2 N–H and O–H groups in total. The first-order chi connectivity index (χ1) is 12.1. The van der Waals surface area contributed by atoms with E-state index in [-0.39, 0.29) is 30.1 Å². The van der Waals surface area contributed by atoms with Crippen LogP contribution in [0.15, 0.2) is 17.5 Å². The van der Waals surface area contributed by atoms with E-state index in [4.69, 9.17) is 0 Å². The maximum atomic E-state index is 13.0. The van der Waals surface area contributed by atoms with Gasteiger partial charge in [0.25, 0.3) is 5.91 Å². The summed E-state index contributed by atoms with van der Waals surface area (Å²) in [7, 11) is 0. The van der Waals surface area contributed by atoms with Crippen LogP contribution in [0, 0.1) is 5.92 Å². The van der Waals surface area contributed by atoms with Crippen molar-refractivity contribution < 1.29 is 9.59 Å². The normalized spacial score (nSPS) is 22.1. The summed E-state index contributed by atoms with van der Waals surface area (Å²) in [5, 5.41) is 8.19. The first-order valence-electron chi connectivity index (χ1n) is 9.14. The molecule has 3 rings (SSSR count). The third kappa shape index (κ3) is 4.97. The van der Waals surface area contributed by atoms with Crippen LogP contribution in [0.25, 0.3) is 0 Å². The summed E-state index contributed by atoms with van der Waals surface area (Å²) in [6.45, 7) is 9.68. The van der Waals surface area contributed by atoms with Crippen molar-refractivity contribution in [3.8, 4) is 0 Å². The predicted molar refractivity (Wildman–Crippen MR) is 107 cm³/mol. The second-order valence-electron chi connectivity index (χ2n) is 7.19. The molecule has 146 valence electrons. The average Bonchev–Trinajstić information content (AvgIpc) is 3.31. The fourth-order valence-corrected chi connectivity index (χ4v) is 4.24. The van der Waals surface area contributed by atoms with Gasteiger partial charge in [-0.3, -0.25) is 14.5 Å². The summed E-state index contributed by atoms with van der Waals surface area (Å²) < 4.78 is 0. The van der Waals surface area contributed by atoms with Gasteiger partial charge < -0.3 is 15.5 Å². The summed E-state index contributed by atoms with van der Waals surface area (Å²) >= 11 is 1.40. The molecule has 26 heavy (non-hydrogen) atoms. The lowest BCUT2D eigenvalue weighted by molar-refractivity contribution is -0.133. The Morgan fingerprint density at radius 3 is 2.62 bits per heavy atom. The number of nitrogens with zero attached hydrogens (tertiary/aromatic N) is 2. The van der Waals surface area contributed by atoms with Crippen molar-refractivity contribution in [1.29, 1.82) is 0 Å². The second kappa shape index (κ2) is 9.69. The minimum absolute atomic E-state index is 0. The van der Waals surface area contributed by atoms with Crippen LogP contribution in [0.5, 0.6) is 0 Å². The summed E-state index contributed by atoms with van der Waals surface area (Å²) in [6.07, 6.45) is 1.02. The quantitative estimate of drug-likeness (QED) is 0.784. The van der Waals surface area contributed by atoms with Gasteiger partial charge in [0.1, 0.15) is 6.04 Å². The molecular formula is C18H29ClN4O2S. The number of thiophene rings is 1. The first-order valence-corrected chi connectivity index (χ1v) is 10.0. The molecule has 2 aliphatic heterocycles. The summed E-state index contributed by atoms with van der Waals surface area (Å²) in [6, 6.07) is 3.63. The minimum Gasteiger partial charge on any atom is -0.339 e. The van der Waals surface area contributed by atoms with Crippen molar-refractivity contribution in [3.05, 3.63) is 22.4 Å². The number of carbonyl (C=O) groups excluding carboxylic acids is 2. The Labute approximate surface area is 165 Å². The van der Waals surface area contributed by atoms with Gasteiger partial charge in [0, 0.05) is 45.3 Å². The van der Waals surface area contributed by atoms with Gasteiger partial charge >= 0.3 is 0 Å². The van der Waals surface area contributed by atoms with Crippen molar-refractivity contribution in [2.24, 2.45) is 5.92 Å². The molecule has 2 aliphatic rings. The molecule has 0 aliphatic carbocycles. The zero-order valence-electron chi connectivity index (χ0n) is 15.4. The van der Waals surface area contributed by atoms with E-state index in [0.717, 1.165) is 45.7 Å². The molecule has 2 amide bonds. The van der Waals surface area contributed by atoms with Crippen molar-refractivity contribution in [2.75, 3.05) is 39.3 Å². The highest BCUT2D eigenvalue weighted by atomic mass is 35.5. The molecule has 0 aromatic carbocycles. The molecular weight excluding hydrogens is 372 g/mol. The predicted octanol–water partition coefficient (Wildman–Crippen LogP) is 1.43. The lowest BCUT2D eigenvalue weighted by atomic mass is 10.0. The highest BCUT2D eigenvalue weighted by molar-refractivity contribution is 7.12. The Morgan fingerprint density at radius 1 is 1.27 bits per heavy atom.